The molecule has 1 fully saturated rings. The molecule has 0 aromatic heterocycles. The van der Waals surface area contributed by atoms with Gasteiger partial charge in [-0.3, -0.25) is 9.59 Å². The molecule has 1 saturated heterocycles. The van der Waals surface area contributed by atoms with Crippen LogP contribution in [0.1, 0.15) is 12.5 Å². The first-order valence-electron chi connectivity index (χ1n) is 9.12. The predicted molar refractivity (Wildman–Crippen MR) is 106 cm³/mol. The molecule has 0 bridgehead atoms. The average molecular weight is 367 g/mol. The van der Waals surface area contributed by atoms with Crippen molar-refractivity contribution < 1.29 is 14.3 Å². The quantitative estimate of drug-likeness (QED) is 0.883. The zero-order valence-corrected chi connectivity index (χ0v) is 15.8. The number of amides is 2. The van der Waals surface area contributed by atoms with Crippen molar-refractivity contribution >= 4 is 23.2 Å². The van der Waals surface area contributed by atoms with Crippen LogP contribution in [-0.4, -0.2) is 49.5 Å². The summed E-state index contributed by atoms with van der Waals surface area (Å²) >= 11 is 0. The van der Waals surface area contributed by atoms with Crippen LogP contribution in [0.15, 0.2) is 48.5 Å². The molecule has 0 unspecified atom stereocenters. The lowest BCUT2D eigenvalue weighted by Crippen LogP contribution is -2.48. The summed E-state index contributed by atoms with van der Waals surface area (Å²) in [6, 6.07) is 15.3. The molecule has 27 heavy (non-hydrogen) atoms. The number of anilines is 2. The molecule has 3 rings (SSSR count). The topological polar surface area (TPSA) is 61.9 Å². The van der Waals surface area contributed by atoms with Gasteiger partial charge >= 0.3 is 0 Å². The summed E-state index contributed by atoms with van der Waals surface area (Å²) < 4.78 is 5.59. The molecule has 1 heterocycles. The summed E-state index contributed by atoms with van der Waals surface area (Å²) in [5, 5.41) is 2.85. The van der Waals surface area contributed by atoms with Crippen LogP contribution in [0, 0.1) is 6.92 Å². The van der Waals surface area contributed by atoms with Crippen LogP contribution in [0.25, 0.3) is 0 Å². The van der Waals surface area contributed by atoms with Crippen molar-refractivity contribution in [2.45, 2.75) is 13.8 Å². The SMILES string of the molecule is CC(=O)N1CCN(c2ccc(OCC(=O)Nc3ccccc3C)cc2)CC1. The maximum absolute atomic E-state index is 12.1. The Balaban J connectivity index is 1.49. The third-order valence-corrected chi connectivity index (χ3v) is 4.72. The lowest BCUT2D eigenvalue weighted by atomic mass is 10.2. The molecule has 1 aliphatic rings. The number of nitrogens with zero attached hydrogens (tertiary/aromatic N) is 2. The summed E-state index contributed by atoms with van der Waals surface area (Å²) in [5.41, 5.74) is 2.90. The fourth-order valence-electron chi connectivity index (χ4n) is 3.08. The van der Waals surface area contributed by atoms with Crippen molar-refractivity contribution in [1.29, 1.82) is 0 Å². The molecule has 1 aliphatic heterocycles. The molecule has 142 valence electrons. The van der Waals surface area contributed by atoms with E-state index in [0.717, 1.165) is 43.1 Å². The molecule has 1 N–H and O–H groups in total. The Labute approximate surface area is 159 Å². The molecule has 2 aromatic rings. The third-order valence-electron chi connectivity index (χ3n) is 4.72. The number of rotatable bonds is 5. The fourth-order valence-corrected chi connectivity index (χ4v) is 3.08. The molecule has 0 radical (unpaired) electrons. The molecular formula is C21H25N3O3. The van der Waals surface area contributed by atoms with E-state index in [2.05, 4.69) is 10.2 Å². The fraction of sp³-hybridized carbons (Fsp3) is 0.333. The minimum absolute atomic E-state index is 0.0367. The van der Waals surface area contributed by atoms with Gasteiger partial charge in [-0.25, -0.2) is 0 Å². The first-order valence-corrected chi connectivity index (χ1v) is 9.12. The van der Waals surface area contributed by atoms with Crippen LogP contribution < -0.4 is 15.0 Å². The van der Waals surface area contributed by atoms with Crippen LogP contribution in [0.3, 0.4) is 0 Å². The molecular weight excluding hydrogens is 342 g/mol. The number of nitrogens with one attached hydrogen (secondary N) is 1. The Morgan fingerprint density at radius 2 is 1.67 bits per heavy atom. The van der Waals surface area contributed by atoms with Gasteiger partial charge in [0.05, 0.1) is 0 Å². The standard InChI is InChI=1S/C21H25N3O3/c1-16-5-3-4-6-20(16)22-21(26)15-27-19-9-7-18(8-10-19)24-13-11-23(12-14-24)17(2)25/h3-10H,11-15H2,1-2H3,(H,22,26). The van der Waals surface area contributed by atoms with Gasteiger partial charge in [0.2, 0.25) is 5.91 Å². The Hall–Kier alpha value is -3.02. The summed E-state index contributed by atoms with van der Waals surface area (Å²) in [4.78, 5) is 27.6. The molecule has 0 saturated carbocycles. The van der Waals surface area contributed by atoms with E-state index in [1.165, 1.54) is 0 Å². The molecule has 0 spiro atoms. The van der Waals surface area contributed by atoms with E-state index in [1.54, 1.807) is 6.92 Å². The molecule has 0 atom stereocenters. The van der Waals surface area contributed by atoms with Crippen LogP contribution in [0.2, 0.25) is 0 Å². The van der Waals surface area contributed by atoms with E-state index in [4.69, 9.17) is 4.74 Å². The van der Waals surface area contributed by atoms with Gasteiger partial charge in [0.1, 0.15) is 5.75 Å². The van der Waals surface area contributed by atoms with Gasteiger partial charge in [0.15, 0.2) is 6.61 Å². The number of aryl methyl sites for hydroxylation is 1. The smallest absolute Gasteiger partial charge is 0.262 e. The first-order chi connectivity index (χ1) is 13.0. The van der Waals surface area contributed by atoms with Crippen molar-refractivity contribution in [1.82, 2.24) is 4.90 Å². The highest BCUT2D eigenvalue weighted by molar-refractivity contribution is 5.92. The van der Waals surface area contributed by atoms with Gasteiger partial charge in [-0.1, -0.05) is 18.2 Å². The molecule has 0 aliphatic carbocycles. The first kappa shape index (κ1) is 18.8. The summed E-state index contributed by atoms with van der Waals surface area (Å²) in [5.74, 6) is 0.595. The monoisotopic (exact) mass is 367 g/mol. The summed E-state index contributed by atoms with van der Waals surface area (Å²) in [6.45, 7) is 6.64. The zero-order chi connectivity index (χ0) is 19.2. The van der Waals surface area contributed by atoms with Crippen molar-refractivity contribution in [2.75, 3.05) is 43.0 Å². The molecule has 2 aromatic carbocycles. The zero-order valence-electron chi connectivity index (χ0n) is 15.8. The lowest BCUT2D eigenvalue weighted by Gasteiger charge is -2.35. The van der Waals surface area contributed by atoms with E-state index in [1.807, 2.05) is 60.4 Å². The van der Waals surface area contributed by atoms with E-state index >= 15 is 0 Å². The van der Waals surface area contributed by atoms with Crippen LogP contribution in [-0.2, 0) is 9.59 Å². The van der Waals surface area contributed by atoms with Crippen molar-refractivity contribution in [3.05, 3.63) is 54.1 Å². The Kier molecular flexibility index (Phi) is 5.96. The van der Waals surface area contributed by atoms with E-state index in [-0.39, 0.29) is 18.4 Å². The Morgan fingerprint density at radius 3 is 2.30 bits per heavy atom. The maximum atomic E-state index is 12.1. The second-order valence-corrected chi connectivity index (χ2v) is 6.64. The van der Waals surface area contributed by atoms with Gasteiger partial charge in [-0.05, 0) is 42.8 Å². The van der Waals surface area contributed by atoms with Gasteiger partial charge in [0.25, 0.3) is 5.91 Å². The van der Waals surface area contributed by atoms with Crippen LogP contribution in [0.5, 0.6) is 5.75 Å². The van der Waals surface area contributed by atoms with Crippen molar-refractivity contribution in [3.63, 3.8) is 0 Å². The number of para-hydroxylation sites is 1. The second kappa shape index (κ2) is 8.58. The number of carbonyl (C=O) groups excluding carboxylic acids is 2. The van der Waals surface area contributed by atoms with E-state index in [9.17, 15) is 9.59 Å². The number of hydrogen-bond acceptors (Lipinski definition) is 4. The van der Waals surface area contributed by atoms with E-state index in [0.29, 0.717) is 5.75 Å². The number of piperazine rings is 1. The van der Waals surface area contributed by atoms with Crippen LogP contribution >= 0.6 is 0 Å². The summed E-state index contributed by atoms with van der Waals surface area (Å²) in [7, 11) is 0. The maximum Gasteiger partial charge on any atom is 0.262 e. The molecule has 6 heteroatoms. The number of benzene rings is 2. The minimum atomic E-state index is -0.186. The van der Waals surface area contributed by atoms with Crippen LogP contribution in [0.4, 0.5) is 11.4 Å². The normalized spacial score (nSPS) is 14.0. The lowest BCUT2D eigenvalue weighted by molar-refractivity contribution is -0.129. The minimum Gasteiger partial charge on any atom is -0.484 e. The molecule has 2 amide bonds. The number of hydrogen-bond donors (Lipinski definition) is 1. The van der Waals surface area contributed by atoms with Gasteiger partial charge in [-0.2, -0.15) is 0 Å². The van der Waals surface area contributed by atoms with E-state index < -0.39 is 0 Å². The Bertz CT molecular complexity index is 797. The molecule has 6 nitrogen and oxygen atoms in total. The highest BCUT2D eigenvalue weighted by Gasteiger charge is 2.18. The highest BCUT2D eigenvalue weighted by atomic mass is 16.5. The number of carbonyl (C=O) groups is 2. The average Bonchev–Trinajstić information content (AvgIpc) is 2.69. The third kappa shape index (κ3) is 5.00. The Morgan fingerprint density at radius 1 is 1.00 bits per heavy atom. The number of ether oxygens (including phenoxy) is 1. The van der Waals surface area contributed by atoms with Gasteiger partial charge in [0, 0.05) is 44.5 Å². The van der Waals surface area contributed by atoms with Gasteiger partial charge in [-0.15, -0.1) is 0 Å². The largest absolute Gasteiger partial charge is 0.484 e. The van der Waals surface area contributed by atoms with Crippen molar-refractivity contribution in [2.24, 2.45) is 0 Å². The predicted octanol–water partition coefficient (Wildman–Crippen LogP) is 2.68. The highest BCUT2D eigenvalue weighted by Crippen LogP contribution is 2.21. The second-order valence-electron chi connectivity index (χ2n) is 6.64. The summed E-state index contributed by atoms with van der Waals surface area (Å²) in [6.07, 6.45) is 0. The van der Waals surface area contributed by atoms with Gasteiger partial charge < -0.3 is 19.9 Å². The van der Waals surface area contributed by atoms with Crippen molar-refractivity contribution in [3.8, 4) is 5.75 Å².